The first-order valence-corrected chi connectivity index (χ1v) is 11.2. The van der Waals surface area contributed by atoms with Gasteiger partial charge in [-0.2, -0.15) is 0 Å². The van der Waals surface area contributed by atoms with E-state index < -0.39 is 66.1 Å². The van der Waals surface area contributed by atoms with Crippen LogP contribution in [-0.4, -0.2) is 64.8 Å². The van der Waals surface area contributed by atoms with Gasteiger partial charge in [0.2, 0.25) is 29.5 Å². The minimum atomic E-state index is -1.37. The molecule has 0 heterocycles. The lowest BCUT2D eigenvalue weighted by Crippen LogP contribution is -2.59. The molecule has 13 nitrogen and oxygen atoms in total. The monoisotopic (exact) mass is 486 g/mol. The third kappa shape index (κ3) is 11.6. The summed E-state index contributed by atoms with van der Waals surface area (Å²) in [5.74, 6) is -5.41. The zero-order valence-electron chi connectivity index (χ0n) is 20.1. The quantitative estimate of drug-likeness (QED) is 0.129. The summed E-state index contributed by atoms with van der Waals surface area (Å²) in [6, 6.07) is -4.79. The molecular weight excluding hydrogens is 448 g/mol. The van der Waals surface area contributed by atoms with Gasteiger partial charge in [0, 0.05) is 6.42 Å². The molecule has 0 aromatic rings. The minimum absolute atomic E-state index is 0.0236. The maximum absolute atomic E-state index is 13.0. The Balaban J connectivity index is 5.57. The van der Waals surface area contributed by atoms with Crippen molar-refractivity contribution in [2.45, 2.75) is 84.0 Å². The summed E-state index contributed by atoms with van der Waals surface area (Å²) in [6.07, 6.45) is -0.164. The average molecular weight is 487 g/mol. The lowest BCUT2D eigenvalue weighted by atomic mass is 9.96. The second-order valence-electron chi connectivity index (χ2n) is 8.74. The van der Waals surface area contributed by atoms with Crippen LogP contribution in [0.15, 0.2) is 0 Å². The molecule has 0 aliphatic heterocycles. The van der Waals surface area contributed by atoms with E-state index in [2.05, 4.69) is 16.0 Å². The van der Waals surface area contributed by atoms with Crippen molar-refractivity contribution < 1.29 is 33.9 Å². The van der Waals surface area contributed by atoms with E-state index in [9.17, 15) is 33.9 Å². The number of nitrogens with one attached hydrogen (secondary N) is 3. The topological polar surface area (TPSA) is 237 Å². The van der Waals surface area contributed by atoms with Crippen LogP contribution in [0.4, 0.5) is 0 Å². The lowest BCUT2D eigenvalue weighted by Gasteiger charge is -2.28. The summed E-state index contributed by atoms with van der Waals surface area (Å²) in [5, 5.41) is 16.8. The Morgan fingerprint density at radius 1 is 0.824 bits per heavy atom. The number of primary amides is 2. The maximum Gasteiger partial charge on any atom is 0.326 e. The highest BCUT2D eigenvalue weighted by atomic mass is 16.4. The summed E-state index contributed by atoms with van der Waals surface area (Å²) in [6.45, 7) is 7.13. The number of aliphatic carboxylic acids is 1. The zero-order chi connectivity index (χ0) is 26.6. The fourth-order valence-electron chi connectivity index (χ4n) is 3.05. The van der Waals surface area contributed by atoms with Crippen molar-refractivity contribution in [3.8, 4) is 0 Å². The van der Waals surface area contributed by atoms with Crippen LogP contribution < -0.4 is 33.2 Å². The number of nitrogens with two attached hydrogens (primary N) is 3. The molecule has 0 saturated carbocycles. The van der Waals surface area contributed by atoms with E-state index in [1.165, 1.54) is 0 Å². The highest BCUT2D eigenvalue weighted by Gasteiger charge is 2.33. The third-order valence-electron chi connectivity index (χ3n) is 5.19. The summed E-state index contributed by atoms with van der Waals surface area (Å²) in [5.41, 5.74) is 15.8. The predicted octanol–water partition coefficient (Wildman–Crippen LogP) is -1.91. The van der Waals surface area contributed by atoms with Crippen LogP contribution in [-0.2, 0) is 28.8 Å². The van der Waals surface area contributed by atoms with Gasteiger partial charge in [-0.05, 0) is 24.7 Å². The van der Waals surface area contributed by atoms with E-state index in [1.807, 2.05) is 13.8 Å². The third-order valence-corrected chi connectivity index (χ3v) is 5.19. The molecule has 10 N–H and O–H groups in total. The molecule has 0 radical (unpaired) electrons. The summed E-state index contributed by atoms with van der Waals surface area (Å²) in [7, 11) is 0. The number of hydrogen-bond donors (Lipinski definition) is 7. The molecule has 0 rings (SSSR count). The van der Waals surface area contributed by atoms with Gasteiger partial charge in [0.05, 0.1) is 12.5 Å². The number of hydrogen-bond acceptors (Lipinski definition) is 7. The summed E-state index contributed by atoms with van der Waals surface area (Å²) >= 11 is 0. The van der Waals surface area contributed by atoms with Crippen LogP contribution >= 0.6 is 0 Å². The van der Waals surface area contributed by atoms with Gasteiger partial charge in [-0.1, -0.05) is 34.1 Å². The van der Waals surface area contributed by atoms with Crippen molar-refractivity contribution in [2.75, 3.05) is 0 Å². The van der Waals surface area contributed by atoms with E-state index in [0.717, 1.165) is 0 Å². The van der Waals surface area contributed by atoms with Gasteiger partial charge in [-0.3, -0.25) is 24.0 Å². The van der Waals surface area contributed by atoms with Crippen molar-refractivity contribution >= 4 is 35.5 Å². The molecule has 13 heteroatoms. The Morgan fingerprint density at radius 3 is 1.82 bits per heavy atom. The number of carbonyl (C=O) groups excluding carboxylic acids is 5. The molecule has 5 atom stereocenters. The van der Waals surface area contributed by atoms with Crippen molar-refractivity contribution in [3.05, 3.63) is 0 Å². The van der Waals surface area contributed by atoms with Gasteiger partial charge in [0.25, 0.3) is 0 Å². The molecule has 0 spiro atoms. The van der Waals surface area contributed by atoms with E-state index in [4.69, 9.17) is 17.2 Å². The molecule has 0 aliphatic carbocycles. The fourth-order valence-corrected chi connectivity index (χ4v) is 3.05. The molecule has 0 saturated heterocycles. The zero-order valence-corrected chi connectivity index (χ0v) is 20.1. The predicted molar refractivity (Wildman–Crippen MR) is 123 cm³/mol. The van der Waals surface area contributed by atoms with Crippen LogP contribution in [0.3, 0.4) is 0 Å². The van der Waals surface area contributed by atoms with Gasteiger partial charge >= 0.3 is 5.97 Å². The molecule has 34 heavy (non-hydrogen) atoms. The van der Waals surface area contributed by atoms with Crippen molar-refractivity contribution in [3.63, 3.8) is 0 Å². The minimum Gasteiger partial charge on any atom is -0.480 e. The largest absolute Gasteiger partial charge is 0.480 e. The van der Waals surface area contributed by atoms with Gasteiger partial charge in [-0.15, -0.1) is 0 Å². The Hall–Kier alpha value is -3.22. The Labute approximate surface area is 198 Å². The molecule has 0 fully saturated rings. The van der Waals surface area contributed by atoms with E-state index in [0.29, 0.717) is 6.42 Å². The number of carboxylic acids is 1. The molecule has 5 unspecified atom stereocenters. The fraction of sp³-hybridized carbons (Fsp3) is 0.714. The summed E-state index contributed by atoms with van der Waals surface area (Å²) < 4.78 is 0. The van der Waals surface area contributed by atoms with Crippen molar-refractivity contribution in [2.24, 2.45) is 29.0 Å². The average Bonchev–Trinajstić information content (AvgIpc) is 2.72. The van der Waals surface area contributed by atoms with Gasteiger partial charge < -0.3 is 38.3 Å². The van der Waals surface area contributed by atoms with Gasteiger partial charge in [0.15, 0.2) is 0 Å². The molecule has 5 amide bonds. The van der Waals surface area contributed by atoms with Crippen LogP contribution in [0.5, 0.6) is 0 Å². The molecular formula is C21H38N6O7. The molecule has 0 bridgehead atoms. The second kappa shape index (κ2) is 14.8. The molecule has 0 aromatic carbocycles. The van der Waals surface area contributed by atoms with E-state index >= 15 is 0 Å². The smallest absolute Gasteiger partial charge is 0.326 e. The van der Waals surface area contributed by atoms with Crippen molar-refractivity contribution in [1.29, 1.82) is 0 Å². The van der Waals surface area contributed by atoms with Gasteiger partial charge in [0.1, 0.15) is 18.1 Å². The van der Waals surface area contributed by atoms with Crippen LogP contribution in [0.2, 0.25) is 0 Å². The lowest BCUT2D eigenvalue weighted by molar-refractivity contribution is -0.143. The van der Waals surface area contributed by atoms with Gasteiger partial charge in [-0.25, -0.2) is 4.79 Å². The van der Waals surface area contributed by atoms with Crippen LogP contribution in [0, 0.1) is 11.8 Å². The highest BCUT2D eigenvalue weighted by Crippen LogP contribution is 2.12. The standard InChI is InChI=1S/C21H38N6O7/c1-5-11(4)17(20(32)25-13(21(33)34)6-7-15(23)28)27-19(31)14(8-10(2)3)26-18(30)12(22)9-16(24)29/h10-14,17H,5-9,22H2,1-4H3,(H2,23,28)(H2,24,29)(H,25,32)(H,26,30)(H,27,31)(H,33,34). The Bertz CT molecular complexity index is 758. The number of rotatable bonds is 16. The van der Waals surface area contributed by atoms with Crippen LogP contribution in [0.25, 0.3) is 0 Å². The summed E-state index contributed by atoms with van der Waals surface area (Å²) in [4.78, 5) is 71.7. The van der Waals surface area contributed by atoms with E-state index in [1.54, 1.807) is 13.8 Å². The molecule has 194 valence electrons. The number of carbonyl (C=O) groups is 6. The van der Waals surface area contributed by atoms with E-state index in [-0.39, 0.29) is 31.1 Å². The number of amides is 5. The SMILES string of the molecule is CCC(C)C(NC(=O)C(CC(C)C)NC(=O)C(N)CC(N)=O)C(=O)NC(CCC(N)=O)C(=O)O. The second-order valence-corrected chi connectivity index (χ2v) is 8.74. The normalized spacial score (nSPS) is 15.4. The first-order chi connectivity index (χ1) is 15.7. The Morgan fingerprint density at radius 2 is 1.38 bits per heavy atom. The maximum atomic E-state index is 13.0. The number of carboxylic acid groups (broad SMARTS) is 1. The highest BCUT2D eigenvalue weighted by molar-refractivity contribution is 5.95. The van der Waals surface area contributed by atoms with Crippen LogP contribution in [0.1, 0.15) is 59.8 Å². The molecule has 0 aromatic heterocycles. The molecule has 0 aliphatic rings. The van der Waals surface area contributed by atoms with Crippen molar-refractivity contribution in [1.82, 2.24) is 16.0 Å². The first kappa shape index (κ1) is 30.8. The first-order valence-electron chi connectivity index (χ1n) is 11.2. The Kier molecular flexibility index (Phi) is 13.4.